The summed E-state index contributed by atoms with van der Waals surface area (Å²) in [7, 11) is 0. The second-order valence-corrected chi connectivity index (χ2v) is 7.65. The number of carbonyl (C=O) groups excluding carboxylic acids is 1. The van der Waals surface area contributed by atoms with E-state index in [4.69, 9.17) is 16.3 Å². The van der Waals surface area contributed by atoms with Gasteiger partial charge in [-0.25, -0.2) is 4.39 Å². The van der Waals surface area contributed by atoms with Gasteiger partial charge in [-0.1, -0.05) is 17.7 Å². The summed E-state index contributed by atoms with van der Waals surface area (Å²) in [5.41, 5.74) is -0.00181. The maximum atomic E-state index is 14.2. The topological polar surface area (TPSA) is 32.8 Å². The maximum absolute atomic E-state index is 14.2. The fraction of sp³-hybridized carbons (Fsp3) is 0.588. The number of hydrogen-bond acceptors (Lipinski definition) is 4. The molecule has 0 radical (unpaired) electrons. The van der Waals surface area contributed by atoms with E-state index < -0.39 is 5.82 Å². The van der Waals surface area contributed by atoms with Gasteiger partial charge in [-0.15, -0.1) is 0 Å². The van der Waals surface area contributed by atoms with Crippen molar-refractivity contribution in [3.8, 4) is 0 Å². The van der Waals surface area contributed by atoms with Gasteiger partial charge in [-0.3, -0.25) is 9.69 Å². The van der Waals surface area contributed by atoms with Crippen LogP contribution in [-0.4, -0.2) is 72.6 Å². The molecule has 2 aliphatic rings. The zero-order valence-corrected chi connectivity index (χ0v) is 15.1. The molecule has 2 aliphatic heterocycles. The third-order valence-corrected chi connectivity index (χ3v) is 5.96. The average Bonchev–Trinajstić information content (AvgIpc) is 2.81. The van der Waals surface area contributed by atoms with Gasteiger partial charge in [0.15, 0.2) is 0 Å². The van der Waals surface area contributed by atoms with Gasteiger partial charge in [0.2, 0.25) is 0 Å². The Bertz CT molecular complexity index is 563. The Hall–Kier alpha value is -0.820. The number of amides is 1. The average molecular weight is 373 g/mol. The molecule has 24 heavy (non-hydrogen) atoms. The van der Waals surface area contributed by atoms with Crippen molar-refractivity contribution in [3.05, 3.63) is 34.6 Å². The van der Waals surface area contributed by atoms with E-state index in [0.29, 0.717) is 6.54 Å². The number of rotatable bonds is 3. The van der Waals surface area contributed by atoms with E-state index >= 15 is 0 Å². The Kier molecular flexibility index (Phi) is 6.38. The van der Waals surface area contributed by atoms with Crippen molar-refractivity contribution in [1.29, 1.82) is 0 Å². The molecule has 1 unspecified atom stereocenters. The lowest BCUT2D eigenvalue weighted by atomic mass is 10.1. The first kappa shape index (κ1) is 18.0. The predicted molar refractivity (Wildman–Crippen MR) is 95.4 cm³/mol. The van der Waals surface area contributed by atoms with Crippen molar-refractivity contribution in [3.63, 3.8) is 0 Å². The Morgan fingerprint density at radius 3 is 2.88 bits per heavy atom. The van der Waals surface area contributed by atoms with Crippen LogP contribution in [-0.2, 0) is 4.74 Å². The summed E-state index contributed by atoms with van der Waals surface area (Å²) in [6.45, 7) is 4.66. The highest BCUT2D eigenvalue weighted by molar-refractivity contribution is 7.99. The molecule has 1 aromatic carbocycles. The highest BCUT2D eigenvalue weighted by Gasteiger charge is 2.31. The number of morpholine rings is 1. The Labute approximate surface area is 151 Å². The minimum absolute atomic E-state index is 0.00181. The van der Waals surface area contributed by atoms with Gasteiger partial charge in [0.25, 0.3) is 5.91 Å². The lowest BCUT2D eigenvalue weighted by Crippen LogP contribution is -2.50. The van der Waals surface area contributed by atoms with Gasteiger partial charge in [0, 0.05) is 31.9 Å². The number of halogens is 2. The van der Waals surface area contributed by atoms with Crippen LogP contribution >= 0.6 is 23.4 Å². The van der Waals surface area contributed by atoms with Crippen LogP contribution in [0.3, 0.4) is 0 Å². The predicted octanol–water partition coefficient (Wildman–Crippen LogP) is 2.76. The summed E-state index contributed by atoms with van der Waals surface area (Å²) < 4.78 is 19.6. The third kappa shape index (κ3) is 4.23. The molecule has 0 saturated carbocycles. The van der Waals surface area contributed by atoms with E-state index in [2.05, 4.69) is 4.90 Å². The zero-order chi connectivity index (χ0) is 16.9. The third-order valence-electron chi connectivity index (χ3n) is 4.45. The minimum Gasteiger partial charge on any atom is -0.379 e. The fourth-order valence-corrected chi connectivity index (χ4v) is 4.48. The molecule has 132 valence electrons. The van der Waals surface area contributed by atoms with Gasteiger partial charge < -0.3 is 9.64 Å². The van der Waals surface area contributed by atoms with Gasteiger partial charge in [0.05, 0.1) is 29.8 Å². The van der Waals surface area contributed by atoms with Crippen molar-refractivity contribution in [2.45, 2.75) is 12.5 Å². The first-order valence-corrected chi connectivity index (χ1v) is 9.83. The van der Waals surface area contributed by atoms with Crippen molar-refractivity contribution in [1.82, 2.24) is 9.80 Å². The van der Waals surface area contributed by atoms with Crippen LogP contribution in [0.5, 0.6) is 0 Å². The summed E-state index contributed by atoms with van der Waals surface area (Å²) in [5.74, 6) is 1.05. The van der Waals surface area contributed by atoms with Crippen LogP contribution in [0.25, 0.3) is 0 Å². The van der Waals surface area contributed by atoms with E-state index in [1.165, 1.54) is 12.1 Å². The minimum atomic E-state index is -0.547. The van der Waals surface area contributed by atoms with Crippen LogP contribution in [0.2, 0.25) is 5.02 Å². The van der Waals surface area contributed by atoms with E-state index in [-0.39, 0.29) is 22.5 Å². The van der Waals surface area contributed by atoms with Crippen LogP contribution in [0.15, 0.2) is 18.2 Å². The summed E-state index contributed by atoms with van der Waals surface area (Å²) in [5, 5.41) is 0.182. The molecule has 1 atom stereocenters. The molecule has 4 nitrogen and oxygen atoms in total. The number of thioether (sulfide) groups is 1. The smallest absolute Gasteiger partial charge is 0.258 e. The van der Waals surface area contributed by atoms with Gasteiger partial charge >= 0.3 is 0 Å². The molecular weight excluding hydrogens is 351 g/mol. The molecule has 2 saturated heterocycles. The Morgan fingerprint density at radius 1 is 1.33 bits per heavy atom. The molecular formula is C17H22ClFN2O2S. The molecule has 7 heteroatoms. The SMILES string of the molecule is O=C(c1c(F)cccc1Cl)N1CCCSCC1CN1CCOCC1. The number of carbonyl (C=O) groups is 1. The summed E-state index contributed by atoms with van der Waals surface area (Å²) in [6.07, 6.45) is 0.919. The Balaban J connectivity index is 1.79. The molecule has 3 rings (SSSR count). The standard InChI is InChI=1S/C17H22ClFN2O2S/c18-14-3-1-4-15(19)16(14)17(22)21-5-2-10-24-12-13(21)11-20-6-8-23-9-7-20/h1,3-4,13H,2,5-12H2. The van der Waals surface area contributed by atoms with Crippen molar-refractivity contribution >= 4 is 29.3 Å². The van der Waals surface area contributed by atoms with Crippen LogP contribution in [0, 0.1) is 5.82 Å². The molecule has 2 heterocycles. The monoisotopic (exact) mass is 372 g/mol. The number of nitrogens with zero attached hydrogens (tertiary/aromatic N) is 2. The first-order chi connectivity index (χ1) is 11.7. The summed E-state index contributed by atoms with van der Waals surface area (Å²) in [6, 6.07) is 4.46. The van der Waals surface area contributed by atoms with Crippen LogP contribution < -0.4 is 0 Å². The van der Waals surface area contributed by atoms with Crippen molar-refractivity contribution in [2.75, 3.05) is 50.9 Å². The van der Waals surface area contributed by atoms with Gasteiger partial charge in [-0.2, -0.15) is 11.8 Å². The number of benzene rings is 1. The summed E-state index contributed by atoms with van der Waals surface area (Å²) in [4.78, 5) is 17.1. The first-order valence-electron chi connectivity index (χ1n) is 8.29. The molecule has 0 aliphatic carbocycles. The van der Waals surface area contributed by atoms with Crippen molar-refractivity contribution in [2.24, 2.45) is 0 Å². The number of hydrogen-bond donors (Lipinski definition) is 0. The second kappa shape index (κ2) is 8.52. The normalized spacial score (nSPS) is 23.1. The quantitative estimate of drug-likeness (QED) is 0.816. The van der Waals surface area contributed by atoms with Crippen molar-refractivity contribution < 1.29 is 13.9 Å². The van der Waals surface area contributed by atoms with E-state index in [9.17, 15) is 9.18 Å². The molecule has 2 fully saturated rings. The second-order valence-electron chi connectivity index (χ2n) is 6.09. The maximum Gasteiger partial charge on any atom is 0.258 e. The lowest BCUT2D eigenvalue weighted by molar-refractivity contribution is 0.0244. The van der Waals surface area contributed by atoms with E-state index in [0.717, 1.165) is 50.8 Å². The molecule has 1 aromatic rings. The molecule has 1 amide bonds. The van der Waals surface area contributed by atoms with Gasteiger partial charge in [0.1, 0.15) is 5.82 Å². The molecule has 0 bridgehead atoms. The lowest BCUT2D eigenvalue weighted by Gasteiger charge is -2.35. The number of ether oxygens (including phenoxy) is 1. The summed E-state index contributed by atoms with van der Waals surface area (Å²) >= 11 is 7.96. The zero-order valence-electron chi connectivity index (χ0n) is 13.5. The Morgan fingerprint density at radius 2 is 2.12 bits per heavy atom. The van der Waals surface area contributed by atoms with Crippen LogP contribution in [0.4, 0.5) is 4.39 Å². The van der Waals surface area contributed by atoms with Crippen LogP contribution in [0.1, 0.15) is 16.8 Å². The molecule has 0 N–H and O–H groups in total. The fourth-order valence-electron chi connectivity index (χ4n) is 3.18. The highest BCUT2D eigenvalue weighted by atomic mass is 35.5. The highest BCUT2D eigenvalue weighted by Crippen LogP contribution is 2.25. The van der Waals surface area contributed by atoms with E-state index in [1.807, 2.05) is 16.7 Å². The largest absolute Gasteiger partial charge is 0.379 e. The molecule has 0 aromatic heterocycles. The molecule has 0 spiro atoms. The van der Waals surface area contributed by atoms with Gasteiger partial charge in [-0.05, 0) is 24.3 Å². The van der Waals surface area contributed by atoms with E-state index in [1.54, 1.807) is 6.07 Å².